The molecule has 1 aromatic rings. The van der Waals surface area contributed by atoms with E-state index >= 15 is 0 Å². The normalized spacial score (nSPS) is 20.1. The highest BCUT2D eigenvalue weighted by Crippen LogP contribution is 2.20. The highest BCUT2D eigenvalue weighted by Gasteiger charge is 2.23. The van der Waals surface area contributed by atoms with Gasteiger partial charge in [-0.05, 0) is 49.9 Å². The quantitative estimate of drug-likeness (QED) is 0.879. The number of sulfone groups is 1. The second kappa shape index (κ2) is 4.69. The van der Waals surface area contributed by atoms with E-state index in [1.807, 2.05) is 0 Å². The Morgan fingerprint density at radius 3 is 2.35 bits per heavy atom. The Bertz CT molecular complexity index is 494. The van der Waals surface area contributed by atoms with Crippen molar-refractivity contribution >= 4 is 15.5 Å². The first-order valence-corrected chi connectivity index (χ1v) is 7.83. The van der Waals surface area contributed by atoms with Crippen LogP contribution in [0.1, 0.15) is 24.0 Å². The zero-order chi connectivity index (χ0) is 12.5. The smallest absolute Gasteiger partial charge is 0.150 e. The monoisotopic (exact) mass is 253 g/mol. The van der Waals surface area contributed by atoms with Crippen LogP contribution in [0.4, 0.5) is 5.69 Å². The molecule has 0 aliphatic carbocycles. The molecule has 0 unspecified atom stereocenters. The second-order valence-electron chi connectivity index (χ2n) is 4.87. The molecule has 2 rings (SSSR count). The van der Waals surface area contributed by atoms with Gasteiger partial charge in [-0.1, -0.05) is 6.07 Å². The molecule has 94 valence electrons. The molecule has 3 nitrogen and oxygen atoms in total. The van der Waals surface area contributed by atoms with Crippen LogP contribution < -0.4 is 5.32 Å². The molecule has 1 aromatic carbocycles. The van der Waals surface area contributed by atoms with Crippen molar-refractivity contribution in [1.29, 1.82) is 0 Å². The van der Waals surface area contributed by atoms with Crippen molar-refractivity contribution in [1.82, 2.24) is 0 Å². The van der Waals surface area contributed by atoms with Gasteiger partial charge in [-0.3, -0.25) is 0 Å². The molecule has 0 saturated carbocycles. The van der Waals surface area contributed by atoms with Gasteiger partial charge in [0.1, 0.15) is 9.84 Å². The molecule has 0 atom stereocenters. The number of anilines is 1. The summed E-state index contributed by atoms with van der Waals surface area (Å²) in [5, 5.41) is 3.42. The lowest BCUT2D eigenvalue weighted by Crippen LogP contribution is -2.32. The number of nitrogens with one attached hydrogen (secondary N) is 1. The molecule has 17 heavy (non-hydrogen) atoms. The van der Waals surface area contributed by atoms with Crippen LogP contribution in [0.15, 0.2) is 18.2 Å². The Hall–Kier alpha value is -1.03. The van der Waals surface area contributed by atoms with Gasteiger partial charge in [-0.25, -0.2) is 8.42 Å². The van der Waals surface area contributed by atoms with E-state index in [2.05, 4.69) is 37.4 Å². The van der Waals surface area contributed by atoms with Crippen LogP contribution in [-0.4, -0.2) is 26.0 Å². The van der Waals surface area contributed by atoms with Crippen molar-refractivity contribution in [3.05, 3.63) is 29.3 Å². The predicted molar refractivity (Wildman–Crippen MR) is 71.2 cm³/mol. The van der Waals surface area contributed by atoms with Gasteiger partial charge in [0.2, 0.25) is 0 Å². The van der Waals surface area contributed by atoms with Crippen LogP contribution in [-0.2, 0) is 9.84 Å². The van der Waals surface area contributed by atoms with Gasteiger partial charge >= 0.3 is 0 Å². The van der Waals surface area contributed by atoms with E-state index in [9.17, 15) is 8.42 Å². The Morgan fingerprint density at radius 1 is 1.12 bits per heavy atom. The lowest BCUT2D eigenvalue weighted by molar-refractivity contribution is 0.559. The van der Waals surface area contributed by atoms with E-state index in [0.717, 1.165) is 18.5 Å². The fourth-order valence-electron chi connectivity index (χ4n) is 2.10. The maximum absolute atomic E-state index is 11.3. The summed E-state index contributed by atoms with van der Waals surface area (Å²) in [5.41, 5.74) is 3.64. The van der Waals surface area contributed by atoms with Crippen molar-refractivity contribution < 1.29 is 8.42 Å². The Morgan fingerprint density at radius 2 is 1.76 bits per heavy atom. The zero-order valence-corrected chi connectivity index (χ0v) is 11.2. The molecule has 1 saturated heterocycles. The van der Waals surface area contributed by atoms with Gasteiger partial charge in [0.15, 0.2) is 0 Å². The average Bonchev–Trinajstić information content (AvgIpc) is 2.27. The molecule has 1 N–H and O–H groups in total. The summed E-state index contributed by atoms with van der Waals surface area (Å²) in [4.78, 5) is 0. The summed E-state index contributed by atoms with van der Waals surface area (Å²) < 4.78 is 22.6. The maximum atomic E-state index is 11.3. The Balaban J connectivity index is 2.00. The summed E-state index contributed by atoms with van der Waals surface area (Å²) >= 11 is 0. The molecule has 0 spiro atoms. The molecule has 0 amide bonds. The average molecular weight is 253 g/mol. The number of benzene rings is 1. The van der Waals surface area contributed by atoms with Gasteiger partial charge in [-0.2, -0.15) is 0 Å². The number of aryl methyl sites for hydroxylation is 2. The summed E-state index contributed by atoms with van der Waals surface area (Å²) in [6.07, 6.45) is 1.44. The fraction of sp³-hybridized carbons (Fsp3) is 0.538. The van der Waals surface area contributed by atoms with Crippen molar-refractivity contribution in [2.45, 2.75) is 32.7 Å². The van der Waals surface area contributed by atoms with Crippen LogP contribution in [0.5, 0.6) is 0 Å². The van der Waals surface area contributed by atoms with Crippen molar-refractivity contribution in [3.63, 3.8) is 0 Å². The Kier molecular flexibility index (Phi) is 3.43. The van der Waals surface area contributed by atoms with Crippen molar-refractivity contribution in [2.75, 3.05) is 16.8 Å². The topological polar surface area (TPSA) is 46.2 Å². The van der Waals surface area contributed by atoms with E-state index < -0.39 is 9.84 Å². The van der Waals surface area contributed by atoms with E-state index in [0.29, 0.717) is 17.5 Å². The van der Waals surface area contributed by atoms with E-state index in [-0.39, 0.29) is 0 Å². The van der Waals surface area contributed by atoms with Crippen LogP contribution in [0.3, 0.4) is 0 Å². The lowest BCUT2D eigenvalue weighted by atomic mass is 10.1. The zero-order valence-electron chi connectivity index (χ0n) is 10.4. The first-order valence-electron chi connectivity index (χ1n) is 6.00. The minimum absolute atomic E-state index is 0.292. The number of hydrogen-bond acceptors (Lipinski definition) is 3. The third-order valence-electron chi connectivity index (χ3n) is 3.43. The molecule has 4 heteroatoms. The first-order chi connectivity index (χ1) is 7.96. The minimum atomic E-state index is -2.76. The third kappa shape index (κ3) is 3.22. The highest BCUT2D eigenvalue weighted by molar-refractivity contribution is 7.91. The first kappa shape index (κ1) is 12.4. The third-order valence-corrected chi connectivity index (χ3v) is 5.15. The van der Waals surface area contributed by atoms with Gasteiger partial charge in [0.05, 0.1) is 11.5 Å². The van der Waals surface area contributed by atoms with Crippen LogP contribution in [0.25, 0.3) is 0 Å². The molecule has 1 aliphatic heterocycles. The maximum Gasteiger partial charge on any atom is 0.150 e. The van der Waals surface area contributed by atoms with Gasteiger partial charge < -0.3 is 5.32 Å². The van der Waals surface area contributed by atoms with Crippen LogP contribution in [0, 0.1) is 13.8 Å². The highest BCUT2D eigenvalue weighted by atomic mass is 32.2. The summed E-state index contributed by atoms with van der Waals surface area (Å²) in [6, 6.07) is 6.57. The van der Waals surface area contributed by atoms with E-state index in [1.165, 1.54) is 11.1 Å². The fourth-order valence-corrected chi connectivity index (χ4v) is 3.59. The molecular weight excluding hydrogens is 234 g/mol. The molecule has 0 radical (unpaired) electrons. The SMILES string of the molecule is Cc1ccc(NC2CCS(=O)(=O)CC2)cc1C. The predicted octanol–water partition coefficient (Wildman–Crippen LogP) is 2.29. The van der Waals surface area contributed by atoms with Crippen LogP contribution >= 0.6 is 0 Å². The number of hydrogen-bond donors (Lipinski definition) is 1. The largest absolute Gasteiger partial charge is 0.382 e. The standard InChI is InChI=1S/C13H19NO2S/c1-10-3-4-13(9-11(10)2)14-12-5-7-17(15,16)8-6-12/h3-4,9,12,14H,5-8H2,1-2H3. The summed E-state index contributed by atoms with van der Waals surface area (Å²) in [7, 11) is -2.76. The molecule has 0 bridgehead atoms. The molecular formula is C13H19NO2S. The minimum Gasteiger partial charge on any atom is -0.382 e. The summed E-state index contributed by atoms with van der Waals surface area (Å²) in [6.45, 7) is 4.18. The van der Waals surface area contributed by atoms with Crippen LogP contribution in [0.2, 0.25) is 0 Å². The molecule has 1 heterocycles. The molecule has 1 fully saturated rings. The number of rotatable bonds is 2. The second-order valence-corrected chi connectivity index (χ2v) is 7.17. The van der Waals surface area contributed by atoms with Crippen molar-refractivity contribution in [3.8, 4) is 0 Å². The van der Waals surface area contributed by atoms with Gasteiger partial charge in [0.25, 0.3) is 0 Å². The van der Waals surface area contributed by atoms with Crippen molar-refractivity contribution in [2.24, 2.45) is 0 Å². The Labute approximate surface area is 103 Å². The van der Waals surface area contributed by atoms with Gasteiger partial charge in [-0.15, -0.1) is 0 Å². The summed E-state index contributed by atoms with van der Waals surface area (Å²) in [5.74, 6) is 0.630. The molecule has 1 aliphatic rings. The van der Waals surface area contributed by atoms with E-state index in [4.69, 9.17) is 0 Å². The van der Waals surface area contributed by atoms with E-state index in [1.54, 1.807) is 0 Å². The lowest BCUT2D eigenvalue weighted by Gasteiger charge is -2.24. The van der Waals surface area contributed by atoms with Gasteiger partial charge in [0, 0.05) is 11.7 Å². The molecule has 0 aromatic heterocycles.